The summed E-state index contributed by atoms with van der Waals surface area (Å²) in [6.45, 7) is 0. The van der Waals surface area contributed by atoms with E-state index in [0.717, 1.165) is 8.95 Å². The lowest BCUT2D eigenvalue weighted by molar-refractivity contribution is -0.122. The minimum absolute atomic E-state index is 0.0414. The molecule has 1 N–H and O–H groups in total. The number of anilines is 1. The highest BCUT2D eigenvalue weighted by molar-refractivity contribution is 14.1. The molecule has 0 aliphatic carbocycles. The van der Waals surface area contributed by atoms with Gasteiger partial charge in [0.15, 0.2) is 8.88 Å². The minimum Gasteiger partial charge on any atom is -0.450 e. The van der Waals surface area contributed by atoms with E-state index in [1.165, 1.54) is 11.0 Å². The Morgan fingerprint density at radius 1 is 1.21 bits per heavy atom. The van der Waals surface area contributed by atoms with E-state index in [0.29, 0.717) is 15.2 Å². The number of thiocarbonyl (C=S) groups is 1. The van der Waals surface area contributed by atoms with E-state index in [9.17, 15) is 9.59 Å². The predicted molar refractivity (Wildman–Crippen MR) is 109 cm³/mol. The van der Waals surface area contributed by atoms with Crippen LogP contribution >= 0.6 is 66.7 Å². The zero-order valence-electron chi connectivity index (χ0n) is 11.7. The van der Waals surface area contributed by atoms with Crippen molar-refractivity contribution in [3.05, 3.63) is 54.4 Å². The van der Waals surface area contributed by atoms with Gasteiger partial charge < -0.3 is 4.42 Å². The number of rotatable bonds is 2. The van der Waals surface area contributed by atoms with Gasteiger partial charge >= 0.3 is 0 Å². The number of amides is 2. The second-order valence-corrected chi connectivity index (χ2v) is 7.84. The molecule has 1 saturated heterocycles. The second kappa shape index (κ2) is 7.06. The summed E-state index contributed by atoms with van der Waals surface area (Å²) < 4.78 is 7.72. The van der Waals surface area contributed by atoms with Crippen LogP contribution in [0.3, 0.4) is 0 Å². The van der Waals surface area contributed by atoms with Crippen molar-refractivity contribution in [3.8, 4) is 0 Å². The van der Waals surface area contributed by atoms with Crippen LogP contribution in [0.1, 0.15) is 5.76 Å². The topological polar surface area (TPSA) is 62.6 Å². The Kier molecular flexibility index (Phi) is 5.23. The fourth-order valence-electron chi connectivity index (χ4n) is 2.06. The molecule has 0 radical (unpaired) electrons. The first-order chi connectivity index (χ1) is 11.4. The highest BCUT2D eigenvalue weighted by atomic mass is 127. The summed E-state index contributed by atoms with van der Waals surface area (Å²) in [5, 5.41) is 2.57. The number of benzene rings is 1. The summed E-state index contributed by atoms with van der Waals surface area (Å²) in [7, 11) is 0. The van der Waals surface area contributed by atoms with E-state index >= 15 is 0 Å². The van der Waals surface area contributed by atoms with Crippen molar-refractivity contribution in [3.63, 3.8) is 0 Å². The fourth-order valence-corrected chi connectivity index (χ4v) is 3.32. The molecule has 0 saturated carbocycles. The number of halogens is 3. The Bertz CT molecular complexity index is 873. The van der Waals surface area contributed by atoms with Crippen LogP contribution in [0.5, 0.6) is 0 Å². The van der Waals surface area contributed by atoms with E-state index in [1.54, 1.807) is 30.3 Å². The van der Waals surface area contributed by atoms with Crippen molar-refractivity contribution in [2.24, 2.45) is 0 Å². The molecule has 1 fully saturated rings. The Labute approximate surface area is 172 Å². The lowest BCUT2D eigenvalue weighted by Gasteiger charge is -2.28. The third-order valence-corrected chi connectivity index (χ3v) is 6.08. The maximum absolute atomic E-state index is 12.8. The van der Waals surface area contributed by atoms with Gasteiger partial charge in [0.1, 0.15) is 11.3 Å². The quantitative estimate of drug-likeness (QED) is 0.249. The van der Waals surface area contributed by atoms with Crippen molar-refractivity contribution in [2.45, 2.75) is 0 Å². The van der Waals surface area contributed by atoms with Gasteiger partial charge in [-0.3, -0.25) is 19.8 Å². The summed E-state index contributed by atoms with van der Waals surface area (Å²) in [6.07, 6.45) is 1.40. The third kappa shape index (κ3) is 3.48. The number of hydrogen-bond acceptors (Lipinski definition) is 4. The van der Waals surface area contributed by atoms with Gasteiger partial charge in [-0.25, -0.2) is 0 Å². The third-order valence-electron chi connectivity index (χ3n) is 3.14. The van der Waals surface area contributed by atoms with Gasteiger partial charge in [-0.05, 0) is 64.6 Å². The zero-order chi connectivity index (χ0) is 17.4. The summed E-state index contributed by atoms with van der Waals surface area (Å²) in [4.78, 5) is 26.2. The molecule has 5 nitrogen and oxygen atoms in total. The average molecular weight is 582 g/mol. The molecule has 3 rings (SSSR count). The first-order valence-corrected chi connectivity index (χ1v) is 9.56. The van der Waals surface area contributed by atoms with Crippen LogP contribution in [0.15, 0.2) is 49.3 Å². The van der Waals surface area contributed by atoms with Gasteiger partial charge in [-0.2, -0.15) is 0 Å². The molecule has 1 aromatic carbocycles. The lowest BCUT2D eigenvalue weighted by Crippen LogP contribution is -2.54. The first kappa shape index (κ1) is 17.8. The van der Waals surface area contributed by atoms with Gasteiger partial charge in [-0.15, -0.1) is 0 Å². The van der Waals surface area contributed by atoms with E-state index in [1.807, 2.05) is 22.6 Å². The van der Waals surface area contributed by atoms with Crippen LogP contribution in [0.2, 0.25) is 0 Å². The summed E-state index contributed by atoms with van der Waals surface area (Å²) >= 11 is 13.8. The Hall–Kier alpha value is -1.04. The van der Waals surface area contributed by atoms with E-state index < -0.39 is 11.8 Å². The largest absolute Gasteiger partial charge is 0.450 e. The van der Waals surface area contributed by atoms with Crippen LogP contribution in [0, 0.1) is 3.77 Å². The monoisotopic (exact) mass is 580 g/mol. The van der Waals surface area contributed by atoms with Crippen LogP contribution in [-0.2, 0) is 9.59 Å². The molecule has 2 amide bonds. The smallest absolute Gasteiger partial charge is 0.270 e. The zero-order valence-corrected chi connectivity index (χ0v) is 17.8. The molecule has 1 aliphatic rings. The number of furan rings is 1. The fraction of sp³-hybridized carbons (Fsp3) is 0. The summed E-state index contributed by atoms with van der Waals surface area (Å²) in [6, 6.07) is 8.73. The normalized spacial score (nSPS) is 16.7. The van der Waals surface area contributed by atoms with Crippen LogP contribution < -0.4 is 10.2 Å². The van der Waals surface area contributed by atoms with Crippen molar-refractivity contribution in [1.29, 1.82) is 0 Å². The van der Waals surface area contributed by atoms with Gasteiger partial charge in [0.05, 0.1) is 10.2 Å². The average Bonchev–Trinajstić information content (AvgIpc) is 2.83. The minimum atomic E-state index is -0.555. The number of nitrogens with one attached hydrogen (secondary N) is 1. The van der Waals surface area contributed by atoms with Crippen molar-refractivity contribution < 1.29 is 14.0 Å². The van der Waals surface area contributed by atoms with Crippen LogP contribution in [0.4, 0.5) is 5.69 Å². The molecule has 9 heteroatoms. The van der Waals surface area contributed by atoms with Crippen molar-refractivity contribution in [1.82, 2.24) is 5.32 Å². The molecule has 0 bridgehead atoms. The lowest BCUT2D eigenvalue weighted by atomic mass is 10.1. The molecule has 1 aliphatic heterocycles. The summed E-state index contributed by atoms with van der Waals surface area (Å²) in [5.41, 5.74) is 0.512. The Balaban J connectivity index is 2.01. The molecule has 0 unspecified atom stereocenters. The molecule has 2 heterocycles. The number of carbonyl (C=O) groups excluding carboxylic acids is 2. The summed E-state index contributed by atoms with van der Waals surface area (Å²) in [5.74, 6) is -0.664. The SMILES string of the molecule is O=C1NC(=S)N(c2ccc(Br)cc2)C(=O)/C1=C/c1cc(Br)c(I)o1. The van der Waals surface area contributed by atoms with Gasteiger partial charge in [0.2, 0.25) is 0 Å². The molecule has 0 atom stereocenters. The van der Waals surface area contributed by atoms with Crippen molar-refractivity contribution >= 4 is 95.4 Å². The second-order valence-electron chi connectivity index (χ2n) is 4.70. The Morgan fingerprint density at radius 3 is 2.46 bits per heavy atom. The van der Waals surface area contributed by atoms with Crippen LogP contribution in [-0.4, -0.2) is 16.9 Å². The molecule has 2 aromatic rings. The standard InChI is InChI=1S/C15H7Br2IN2O3S/c16-7-1-3-8(4-2-7)20-14(22)10(13(21)19-15(20)24)5-9-6-11(17)12(18)23-9/h1-6H,(H,19,21,24)/b10-5+. The molecule has 24 heavy (non-hydrogen) atoms. The molecular formula is C15H7Br2IN2O3S. The maximum Gasteiger partial charge on any atom is 0.270 e. The van der Waals surface area contributed by atoms with E-state index in [4.69, 9.17) is 16.6 Å². The maximum atomic E-state index is 12.8. The van der Waals surface area contributed by atoms with Crippen molar-refractivity contribution in [2.75, 3.05) is 4.90 Å². The molecule has 0 spiro atoms. The molecule has 1 aromatic heterocycles. The van der Waals surface area contributed by atoms with Crippen LogP contribution in [0.25, 0.3) is 6.08 Å². The van der Waals surface area contributed by atoms with E-state index in [-0.39, 0.29) is 10.7 Å². The number of hydrogen-bond donors (Lipinski definition) is 1. The van der Waals surface area contributed by atoms with Gasteiger partial charge in [0, 0.05) is 27.1 Å². The molecular weight excluding hydrogens is 575 g/mol. The highest BCUT2D eigenvalue weighted by Crippen LogP contribution is 2.27. The Morgan fingerprint density at radius 2 is 1.88 bits per heavy atom. The molecule has 122 valence electrons. The highest BCUT2D eigenvalue weighted by Gasteiger charge is 2.34. The van der Waals surface area contributed by atoms with E-state index in [2.05, 4.69) is 37.2 Å². The number of nitrogens with zero attached hydrogens (tertiary/aromatic N) is 1. The van der Waals surface area contributed by atoms with Gasteiger partial charge in [0.25, 0.3) is 11.8 Å². The predicted octanol–water partition coefficient (Wildman–Crippen LogP) is 4.24. The van der Waals surface area contributed by atoms with Gasteiger partial charge in [-0.1, -0.05) is 15.9 Å². The first-order valence-electron chi connectivity index (χ1n) is 6.48. The number of carbonyl (C=O) groups is 2.